The van der Waals surface area contributed by atoms with Gasteiger partial charge in [-0.1, -0.05) is 12.1 Å². The highest BCUT2D eigenvalue weighted by atomic mass is 19.1. The van der Waals surface area contributed by atoms with Crippen molar-refractivity contribution in [3.63, 3.8) is 0 Å². The summed E-state index contributed by atoms with van der Waals surface area (Å²) in [4.78, 5) is 20.3. The highest BCUT2D eigenvalue weighted by molar-refractivity contribution is 6.08. The summed E-state index contributed by atoms with van der Waals surface area (Å²) in [5.41, 5.74) is 2.19. The van der Waals surface area contributed by atoms with Crippen molar-refractivity contribution in [2.75, 3.05) is 23.4 Å². The Morgan fingerprint density at radius 1 is 1.27 bits per heavy atom. The summed E-state index contributed by atoms with van der Waals surface area (Å²) in [6.45, 7) is 2.89. The Morgan fingerprint density at radius 2 is 2.00 bits per heavy atom. The molecule has 1 aromatic carbocycles. The van der Waals surface area contributed by atoms with Crippen LogP contribution in [-0.2, 0) is 0 Å². The van der Waals surface area contributed by atoms with Crippen LogP contribution in [0.3, 0.4) is 0 Å². The molecule has 22 heavy (non-hydrogen) atoms. The van der Waals surface area contributed by atoms with Gasteiger partial charge in [-0.3, -0.25) is 4.79 Å². The van der Waals surface area contributed by atoms with Gasteiger partial charge in [0.05, 0.1) is 11.4 Å². The van der Waals surface area contributed by atoms with E-state index in [2.05, 4.69) is 9.88 Å². The zero-order valence-electron chi connectivity index (χ0n) is 12.7. The van der Waals surface area contributed by atoms with Crippen molar-refractivity contribution in [2.24, 2.45) is 0 Å². The molecule has 1 atom stereocenters. The number of hydrogen-bond donors (Lipinski definition) is 0. The first-order valence-electron chi connectivity index (χ1n) is 7.33. The van der Waals surface area contributed by atoms with Crippen molar-refractivity contribution >= 4 is 17.3 Å². The van der Waals surface area contributed by atoms with Crippen molar-refractivity contribution in [1.29, 1.82) is 0 Å². The molecule has 0 bridgehead atoms. The van der Waals surface area contributed by atoms with Gasteiger partial charge in [-0.2, -0.15) is 4.39 Å². The number of halogens is 1. The normalized spacial score (nSPS) is 17.9. The van der Waals surface area contributed by atoms with Gasteiger partial charge in [-0.15, -0.1) is 0 Å². The van der Waals surface area contributed by atoms with Gasteiger partial charge in [0.15, 0.2) is 0 Å². The molecule has 1 amide bonds. The zero-order valence-corrected chi connectivity index (χ0v) is 12.7. The zero-order chi connectivity index (χ0) is 15.7. The molecule has 0 saturated heterocycles. The SMILES string of the molecule is C[C@H]1CCN(C)c2ccccc2N1C(=O)c1ccnc(F)c1. The van der Waals surface area contributed by atoms with Crippen molar-refractivity contribution in [3.05, 3.63) is 54.1 Å². The largest absolute Gasteiger partial charge is 0.373 e. The minimum Gasteiger partial charge on any atom is -0.373 e. The van der Waals surface area contributed by atoms with Gasteiger partial charge in [0.1, 0.15) is 0 Å². The van der Waals surface area contributed by atoms with Gasteiger partial charge in [0.25, 0.3) is 5.91 Å². The third-order valence-electron chi connectivity index (χ3n) is 4.07. The maximum Gasteiger partial charge on any atom is 0.258 e. The van der Waals surface area contributed by atoms with Crippen LogP contribution in [0.4, 0.5) is 15.8 Å². The summed E-state index contributed by atoms with van der Waals surface area (Å²) in [6, 6.07) is 10.6. The van der Waals surface area contributed by atoms with E-state index in [1.807, 2.05) is 38.2 Å². The molecule has 2 heterocycles. The van der Waals surface area contributed by atoms with E-state index in [9.17, 15) is 9.18 Å². The molecule has 0 aliphatic carbocycles. The lowest BCUT2D eigenvalue weighted by molar-refractivity contribution is 0.0977. The molecule has 114 valence electrons. The minimum absolute atomic E-state index is 0.0369. The number of fused-ring (bicyclic) bond motifs is 1. The summed E-state index contributed by atoms with van der Waals surface area (Å²) in [5, 5.41) is 0. The Kier molecular flexibility index (Phi) is 3.79. The van der Waals surface area contributed by atoms with Crippen molar-refractivity contribution in [3.8, 4) is 0 Å². The molecule has 4 nitrogen and oxygen atoms in total. The van der Waals surface area contributed by atoms with E-state index in [0.29, 0.717) is 5.56 Å². The van der Waals surface area contributed by atoms with E-state index < -0.39 is 5.95 Å². The van der Waals surface area contributed by atoms with Crippen molar-refractivity contribution < 1.29 is 9.18 Å². The van der Waals surface area contributed by atoms with Crippen LogP contribution < -0.4 is 9.80 Å². The van der Waals surface area contributed by atoms with Gasteiger partial charge in [-0.05, 0) is 31.5 Å². The molecule has 5 heteroatoms. The quantitative estimate of drug-likeness (QED) is 0.759. The number of pyridine rings is 1. The van der Waals surface area contributed by atoms with Crippen LogP contribution in [0, 0.1) is 5.95 Å². The second kappa shape index (κ2) is 5.75. The Balaban J connectivity index is 2.07. The third kappa shape index (κ3) is 2.54. The van der Waals surface area contributed by atoms with Crippen molar-refractivity contribution in [1.82, 2.24) is 4.98 Å². The number of anilines is 2. The number of nitrogens with zero attached hydrogens (tertiary/aromatic N) is 3. The molecule has 0 spiro atoms. The van der Waals surface area contributed by atoms with Crippen LogP contribution in [0.2, 0.25) is 0 Å². The van der Waals surface area contributed by atoms with Gasteiger partial charge in [0, 0.05) is 37.5 Å². The number of hydrogen-bond acceptors (Lipinski definition) is 3. The smallest absolute Gasteiger partial charge is 0.258 e. The first-order valence-corrected chi connectivity index (χ1v) is 7.33. The molecule has 0 fully saturated rings. The second-order valence-corrected chi connectivity index (χ2v) is 5.59. The lowest BCUT2D eigenvalue weighted by Gasteiger charge is -2.28. The number of aromatic nitrogens is 1. The fourth-order valence-corrected chi connectivity index (χ4v) is 2.84. The van der Waals surface area contributed by atoms with Crippen LogP contribution in [0.15, 0.2) is 42.6 Å². The van der Waals surface area contributed by atoms with E-state index in [1.54, 1.807) is 11.0 Å². The third-order valence-corrected chi connectivity index (χ3v) is 4.07. The first-order chi connectivity index (χ1) is 10.6. The van der Waals surface area contributed by atoms with Crippen molar-refractivity contribution in [2.45, 2.75) is 19.4 Å². The van der Waals surface area contributed by atoms with E-state index >= 15 is 0 Å². The average Bonchev–Trinajstić information content (AvgIpc) is 2.64. The fraction of sp³-hybridized carbons (Fsp3) is 0.294. The second-order valence-electron chi connectivity index (χ2n) is 5.59. The molecule has 0 unspecified atom stereocenters. The Labute approximate surface area is 129 Å². The topological polar surface area (TPSA) is 36.4 Å². The summed E-state index contributed by atoms with van der Waals surface area (Å²) < 4.78 is 13.3. The number of carbonyl (C=O) groups excluding carboxylic acids is 1. The van der Waals surface area contributed by atoms with Gasteiger partial charge in [-0.25, -0.2) is 4.98 Å². The summed E-state index contributed by atoms with van der Waals surface area (Å²) >= 11 is 0. The molecule has 1 aliphatic heterocycles. The molecule has 3 rings (SSSR count). The molecule has 2 aromatic rings. The average molecular weight is 299 g/mol. The predicted octanol–water partition coefficient (Wildman–Crippen LogP) is 3.10. The number of amides is 1. The number of carbonyl (C=O) groups is 1. The van der Waals surface area contributed by atoms with E-state index in [-0.39, 0.29) is 11.9 Å². The Hall–Kier alpha value is -2.43. The standard InChI is InChI=1S/C17H18FN3O/c1-12-8-10-20(2)14-5-3-4-6-15(14)21(12)17(22)13-7-9-19-16(18)11-13/h3-7,9,11-12H,8,10H2,1-2H3/t12-/m0/s1. The molecular formula is C17H18FN3O. The molecule has 0 radical (unpaired) electrons. The number of rotatable bonds is 1. The number of para-hydroxylation sites is 2. The number of benzene rings is 1. The van der Waals surface area contributed by atoms with E-state index in [1.165, 1.54) is 12.3 Å². The van der Waals surface area contributed by atoms with Crippen LogP contribution in [0.5, 0.6) is 0 Å². The molecule has 0 N–H and O–H groups in total. The maximum absolute atomic E-state index is 13.3. The molecule has 1 aliphatic rings. The highest BCUT2D eigenvalue weighted by Gasteiger charge is 2.29. The van der Waals surface area contributed by atoms with Gasteiger partial charge in [0.2, 0.25) is 5.95 Å². The molecule has 0 saturated carbocycles. The Morgan fingerprint density at radius 3 is 2.73 bits per heavy atom. The lowest BCUT2D eigenvalue weighted by atomic mass is 10.1. The van der Waals surface area contributed by atoms with E-state index in [0.717, 1.165) is 24.3 Å². The molecular weight excluding hydrogens is 281 g/mol. The lowest BCUT2D eigenvalue weighted by Crippen LogP contribution is -2.38. The first kappa shape index (κ1) is 14.5. The van der Waals surface area contributed by atoms with Gasteiger partial charge >= 0.3 is 0 Å². The predicted molar refractivity (Wildman–Crippen MR) is 84.8 cm³/mol. The summed E-state index contributed by atoms with van der Waals surface area (Å²) in [6.07, 6.45) is 2.17. The highest BCUT2D eigenvalue weighted by Crippen LogP contribution is 2.34. The summed E-state index contributed by atoms with van der Waals surface area (Å²) in [7, 11) is 2.02. The van der Waals surface area contributed by atoms with Crippen LogP contribution in [0.1, 0.15) is 23.7 Å². The van der Waals surface area contributed by atoms with Crippen LogP contribution >= 0.6 is 0 Å². The van der Waals surface area contributed by atoms with Crippen LogP contribution in [-0.4, -0.2) is 30.5 Å². The van der Waals surface area contributed by atoms with Gasteiger partial charge < -0.3 is 9.80 Å². The fourth-order valence-electron chi connectivity index (χ4n) is 2.84. The maximum atomic E-state index is 13.3. The van der Waals surface area contributed by atoms with E-state index in [4.69, 9.17) is 0 Å². The minimum atomic E-state index is -0.640. The monoisotopic (exact) mass is 299 g/mol. The molecule has 1 aromatic heterocycles. The summed E-state index contributed by atoms with van der Waals surface area (Å²) in [5.74, 6) is -0.838. The Bertz CT molecular complexity index is 704. The van der Waals surface area contributed by atoms with Crippen LogP contribution in [0.25, 0.3) is 0 Å².